The molecule has 0 bridgehead atoms. The lowest BCUT2D eigenvalue weighted by Gasteiger charge is -2.40. The molecule has 2 aromatic rings. The van der Waals surface area contributed by atoms with Gasteiger partial charge in [0.1, 0.15) is 83.5 Å². The van der Waals surface area contributed by atoms with Gasteiger partial charge in [-0.05, 0) is 17.7 Å². The minimum absolute atomic E-state index is 0.00622. The number of aliphatic hydroxyl groups excluding tert-OH is 8. The Morgan fingerprint density at radius 2 is 1.29 bits per heavy atom. The minimum Gasteiger partial charge on any atom is -0.508 e. The number of rotatable bonds is 7. The van der Waals surface area contributed by atoms with Crippen molar-refractivity contribution in [1.29, 1.82) is 0 Å². The summed E-state index contributed by atoms with van der Waals surface area (Å²) < 4.78 is 28.4. The third-order valence-corrected chi connectivity index (χ3v) is 7.42. The van der Waals surface area contributed by atoms with Crippen LogP contribution in [0.1, 0.15) is 28.4 Å². The Balaban J connectivity index is 1.50. The van der Waals surface area contributed by atoms with Crippen LogP contribution in [0, 0.1) is 0 Å². The number of aliphatic hydroxyl groups is 8. The number of carbonyl (C=O) groups is 1. The Morgan fingerprint density at radius 1 is 0.738 bits per heavy atom. The average molecular weight is 597 g/mol. The molecule has 5 rings (SSSR count). The number of Topliss-reactive ketones (excluding diaryl/α,β-unsaturated/α-hetero) is 1. The van der Waals surface area contributed by atoms with E-state index in [9.17, 15) is 50.8 Å². The molecule has 0 radical (unpaired) electrons. The van der Waals surface area contributed by atoms with Crippen molar-refractivity contribution in [1.82, 2.24) is 0 Å². The molecule has 15 nitrogen and oxygen atoms in total. The number of ketones is 1. The molecule has 11 atom stereocenters. The SMILES string of the molecule is O=C1C[C@H](c2ccc(O)cc2)Oc2cc(O[C@@H]3O[C@@H](CO)[C@@H](O)[C@H](O)[C@@H]3O)cc(O[C@@H]3O[C@@H](CO)[C@@H](O)[C@H](O)[C@H]3O)c21. The third kappa shape index (κ3) is 5.76. The lowest BCUT2D eigenvalue weighted by Crippen LogP contribution is -2.60. The van der Waals surface area contributed by atoms with Crippen LogP contribution in [0.3, 0.4) is 0 Å². The molecular weight excluding hydrogens is 564 g/mol. The maximum atomic E-state index is 13.4. The molecular formula is C27H32O15. The summed E-state index contributed by atoms with van der Waals surface area (Å²) >= 11 is 0. The van der Waals surface area contributed by atoms with E-state index in [0.717, 1.165) is 0 Å². The molecule has 0 aliphatic carbocycles. The topological polar surface area (TPSA) is 245 Å². The second-order valence-corrected chi connectivity index (χ2v) is 10.3. The quantitative estimate of drug-likeness (QED) is 0.160. The van der Waals surface area contributed by atoms with Crippen molar-refractivity contribution in [2.75, 3.05) is 13.2 Å². The molecule has 230 valence electrons. The number of aromatic hydroxyl groups is 1. The van der Waals surface area contributed by atoms with E-state index in [1.807, 2.05) is 0 Å². The Hall–Kier alpha value is -3.09. The molecule has 3 aliphatic heterocycles. The van der Waals surface area contributed by atoms with Crippen LogP contribution in [-0.2, 0) is 9.47 Å². The minimum atomic E-state index is -1.81. The second-order valence-electron chi connectivity index (χ2n) is 10.3. The monoisotopic (exact) mass is 596 g/mol. The number of benzene rings is 2. The van der Waals surface area contributed by atoms with Crippen LogP contribution in [0.2, 0.25) is 0 Å². The van der Waals surface area contributed by atoms with E-state index < -0.39 is 86.5 Å². The van der Waals surface area contributed by atoms with Crippen LogP contribution >= 0.6 is 0 Å². The Labute approximate surface area is 238 Å². The van der Waals surface area contributed by atoms with Crippen LogP contribution in [0.25, 0.3) is 0 Å². The van der Waals surface area contributed by atoms with Crippen molar-refractivity contribution in [2.24, 2.45) is 0 Å². The first-order valence-electron chi connectivity index (χ1n) is 13.1. The number of carbonyl (C=O) groups excluding carboxylic acids is 1. The molecule has 0 amide bonds. The zero-order chi connectivity index (χ0) is 30.3. The number of fused-ring (bicyclic) bond motifs is 1. The smallest absolute Gasteiger partial charge is 0.229 e. The van der Waals surface area contributed by atoms with Gasteiger partial charge < -0.3 is 69.6 Å². The van der Waals surface area contributed by atoms with Crippen LogP contribution in [0.4, 0.5) is 0 Å². The molecule has 15 heteroatoms. The lowest BCUT2D eigenvalue weighted by atomic mass is 9.95. The summed E-state index contributed by atoms with van der Waals surface area (Å²) in [7, 11) is 0. The van der Waals surface area contributed by atoms with Crippen LogP contribution in [0.15, 0.2) is 36.4 Å². The van der Waals surface area contributed by atoms with Crippen molar-refractivity contribution >= 4 is 5.78 Å². The fourth-order valence-electron chi connectivity index (χ4n) is 5.02. The maximum absolute atomic E-state index is 13.4. The fourth-order valence-corrected chi connectivity index (χ4v) is 5.02. The number of phenolic OH excluding ortho intramolecular Hbond substituents is 1. The van der Waals surface area contributed by atoms with E-state index in [0.29, 0.717) is 5.56 Å². The molecule has 2 fully saturated rings. The zero-order valence-corrected chi connectivity index (χ0v) is 21.9. The highest BCUT2D eigenvalue weighted by Gasteiger charge is 2.47. The normalized spacial score (nSPS) is 36.6. The molecule has 0 saturated carbocycles. The number of hydrogen-bond acceptors (Lipinski definition) is 15. The molecule has 0 spiro atoms. The van der Waals surface area contributed by atoms with Gasteiger partial charge in [0.15, 0.2) is 5.78 Å². The summed E-state index contributed by atoms with van der Waals surface area (Å²) in [5.74, 6) is -0.923. The lowest BCUT2D eigenvalue weighted by molar-refractivity contribution is -0.278. The van der Waals surface area contributed by atoms with Gasteiger partial charge in [-0.25, -0.2) is 0 Å². The predicted octanol–water partition coefficient (Wildman–Crippen LogP) is -2.54. The first kappa shape index (κ1) is 30.4. The van der Waals surface area contributed by atoms with Crippen molar-refractivity contribution in [3.8, 4) is 23.0 Å². The summed E-state index contributed by atoms with van der Waals surface area (Å²) in [5, 5.41) is 90.2. The van der Waals surface area contributed by atoms with Crippen molar-refractivity contribution < 1.29 is 74.4 Å². The van der Waals surface area contributed by atoms with Crippen molar-refractivity contribution in [2.45, 2.75) is 73.9 Å². The Kier molecular flexibility index (Phi) is 8.86. The largest absolute Gasteiger partial charge is 0.508 e. The summed E-state index contributed by atoms with van der Waals surface area (Å²) in [6.07, 6.45) is -17.2. The molecule has 3 heterocycles. The summed E-state index contributed by atoms with van der Waals surface area (Å²) in [6.45, 7) is -1.42. The van der Waals surface area contributed by atoms with E-state index in [1.54, 1.807) is 12.1 Å². The van der Waals surface area contributed by atoms with Crippen molar-refractivity contribution in [3.63, 3.8) is 0 Å². The van der Waals surface area contributed by atoms with E-state index in [2.05, 4.69) is 0 Å². The van der Waals surface area contributed by atoms with Gasteiger partial charge in [0.05, 0.1) is 19.6 Å². The van der Waals surface area contributed by atoms with Gasteiger partial charge >= 0.3 is 0 Å². The molecule has 0 unspecified atom stereocenters. The Morgan fingerprint density at radius 3 is 1.83 bits per heavy atom. The summed E-state index contributed by atoms with van der Waals surface area (Å²) in [6, 6.07) is 8.43. The summed E-state index contributed by atoms with van der Waals surface area (Å²) in [4.78, 5) is 13.4. The molecule has 3 aliphatic rings. The van der Waals surface area contributed by atoms with Crippen LogP contribution in [-0.4, -0.2) is 126 Å². The first-order valence-corrected chi connectivity index (χ1v) is 13.1. The van der Waals surface area contributed by atoms with Gasteiger partial charge in [0.25, 0.3) is 0 Å². The van der Waals surface area contributed by atoms with Gasteiger partial charge in [-0.15, -0.1) is 0 Å². The predicted molar refractivity (Wildman–Crippen MR) is 136 cm³/mol. The fraction of sp³-hybridized carbons (Fsp3) is 0.519. The van der Waals surface area contributed by atoms with Gasteiger partial charge in [-0.1, -0.05) is 12.1 Å². The second kappa shape index (κ2) is 12.3. The van der Waals surface area contributed by atoms with Gasteiger partial charge in [0, 0.05) is 12.1 Å². The van der Waals surface area contributed by atoms with Gasteiger partial charge in [-0.3, -0.25) is 4.79 Å². The Bertz CT molecular complexity index is 1250. The van der Waals surface area contributed by atoms with Crippen molar-refractivity contribution in [3.05, 3.63) is 47.5 Å². The molecule has 2 saturated heterocycles. The number of ether oxygens (including phenoxy) is 5. The molecule has 42 heavy (non-hydrogen) atoms. The highest BCUT2D eigenvalue weighted by Crippen LogP contribution is 2.44. The van der Waals surface area contributed by atoms with E-state index in [4.69, 9.17) is 23.7 Å². The van der Waals surface area contributed by atoms with Gasteiger partial charge in [-0.2, -0.15) is 0 Å². The van der Waals surface area contributed by atoms with Crippen LogP contribution < -0.4 is 14.2 Å². The van der Waals surface area contributed by atoms with E-state index in [1.165, 1.54) is 24.3 Å². The highest BCUT2D eigenvalue weighted by molar-refractivity contribution is 6.03. The number of phenols is 1. The maximum Gasteiger partial charge on any atom is 0.229 e. The first-order chi connectivity index (χ1) is 20.0. The van der Waals surface area contributed by atoms with E-state index >= 15 is 0 Å². The standard InChI is InChI=1S/C27H32O15/c28-8-17-20(32)22(34)24(36)26(41-17)38-12-5-15-19(13(31)7-14(39-15)10-1-3-11(30)4-2-10)16(6-12)40-27-25(37)23(35)21(33)18(9-29)42-27/h1-6,14,17-18,20-30,32-37H,7-9H2/t14-,17+,18+,20-,21-,22+,23+,24+,25-,26-,27-/m1/s1. The van der Waals surface area contributed by atoms with Gasteiger partial charge in [0.2, 0.25) is 12.6 Å². The molecule has 9 N–H and O–H groups in total. The number of hydrogen-bond donors (Lipinski definition) is 9. The average Bonchev–Trinajstić information content (AvgIpc) is 2.97. The summed E-state index contributed by atoms with van der Waals surface area (Å²) in [5.41, 5.74) is 0.464. The molecule has 2 aromatic carbocycles. The highest BCUT2D eigenvalue weighted by atomic mass is 16.7. The third-order valence-electron chi connectivity index (χ3n) is 7.42. The zero-order valence-electron chi connectivity index (χ0n) is 21.9. The molecule has 0 aromatic heterocycles. The van der Waals surface area contributed by atoms with Crippen LogP contribution in [0.5, 0.6) is 23.0 Å². The van der Waals surface area contributed by atoms with E-state index in [-0.39, 0.29) is 35.0 Å².